The summed E-state index contributed by atoms with van der Waals surface area (Å²) in [5.74, 6) is -0.199. The van der Waals surface area contributed by atoms with Gasteiger partial charge in [0.25, 0.3) is 5.91 Å². The molecule has 4 nitrogen and oxygen atoms in total. The molecule has 0 aliphatic heterocycles. The van der Waals surface area contributed by atoms with Crippen molar-refractivity contribution in [1.29, 1.82) is 0 Å². The van der Waals surface area contributed by atoms with Crippen LogP contribution in [0.5, 0.6) is 0 Å². The number of hydrogen-bond acceptors (Lipinski definition) is 3. The molecule has 0 fully saturated rings. The first-order valence-electron chi connectivity index (χ1n) is 6.58. The van der Waals surface area contributed by atoms with E-state index in [2.05, 4.69) is 30.0 Å². The predicted molar refractivity (Wildman–Crippen MR) is 84.2 cm³/mol. The summed E-state index contributed by atoms with van der Waals surface area (Å²) in [4.78, 5) is 13.6. The van der Waals surface area contributed by atoms with E-state index in [1.54, 1.807) is 0 Å². The standard InChI is InChI=1S/C13H21N3OS2/c1-2-3-4-5-6-7-10-8-9-11(19-10)12(17)15-16-13(14)18/h8-9H,2-7H2,1H3,(H,15,17)(H3,14,16,18). The molecule has 0 aliphatic carbocycles. The second kappa shape index (κ2) is 8.87. The maximum atomic E-state index is 11.7. The number of aryl methyl sites for hydroxylation is 1. The van der Waals surface area contributed by atoms with E-state index in [1.165, 1.54) is 48.3 Å². The van der Waals surface area contributed by atoms with Gasteiger partial charge >= 0.3 is 0 Å². The minimum Gasteiger partial charge on any atom is -0.375 e. The Kier molecular flexibility index (Phi) is 7.43. The fourth-order valence-electron chi connectivity index (χ4n) is 1.72. The molecule has 0 aliphatic rings. The molecule has 0 saturated carbocycles. The van der Waals surface area contributed by atoms with Crippen LogP contribution in [0.15, 0.2) is 12.1 Å². The summed E-state index contributed by atoms with van der Waals surface area (Å²) in [6, 6.07) is 3.85. The molecule has 6 heteroatoms. The Hall–Kier alpha value is -1.14. The summed E-state index contributed by atoms with van der Waals surface area (Å²) in [6.45, 7) is 2.21. The van der Waals surface area contributed by atoms with Gasteiger partial charge in [0.1, 0.15) is 0 Å². The number of carbonyl (C=O) groups excluding carboxylic acids is 1. The Bertz CT molecular complexity index is 418. The molecule has 106 valence electrons. The molecule has 1 heterocycles. The first-order chi connectivity index (χ1) is 9.13. The van der Waals surface area contributed by atoms with Gasteiger partial charge in [0.15, 0.2) is 5.11 Å². The van der Waals surface area contributed by atoms with Gasteiger partial charge < -0.3 is 5.73 Å². The van der Waals surface area contributed by atoms with Gasteiger partial charge in [-0.15, -0.1) is 11.3 Å². The van der Waals surface area contributed by atoms with Crippen LogP contribution in [0.1, 0.15) is 53.6 Å². The third kappa shape index (κ3) is 6.54. The lowest BCUT2D eigenvalue weighted by molar-refractivity contribution is 0.0948. The highest BCUT2D eigenvalue weighted by Gasteiger charge is 2.08. The van der Waals surface area contributed by atoms with E-state index in [0.717, 1.165) is 6.42 Å². The van der Waals surface area contributed by atoms with Crippen molar-refractivity contribution in [1.82, 2.24) is 10.9 Å². The van der Waals surface area contributed by atoms with E-state index in [9.17, 15) is 4.79 Å². The number of rotatable bonds is 7. The zero-order chi connectivity index (χ0) is 14.1. The van der Waals surface area contributed by atoms with Crippen LogP contribution in [0, 0.1) is 0 Å². The van der Waals surface area contributed by atoms with Crippen LogP contribution in [0.4, 0.5) is 0 Å². The molecule has 19 heavy (non-hydrogen) atoms. The van der Waals surface area contributed by atoms with Crippen LogP contribution >= 0.6 is 23.6 Å². The van der Waals surface area contributed by atoms with Crippen molar-refractivity contribution < 1.29 is 4.79 Å². The molecular formula is C13H21N3OS2. The monoisotopic (exact) mass is 299 g/mol. The molecule has 1 amide bonds. The summed E-state index contributed by atoms with van der Waals surface area (Å²) in [7, 11) is 0. The number of nitrogens with two attached hydrogens (primary N) is 1. The first kappa shape index (κ1) is 15.9. The Morgan fingerprint density at radius 3 is 2.68 bits per heavy atom. The van der Waals surface area contributed by atoms with Crippen molar-refractivity contribution in [3.63, 3.8) is 0 Å². The Morgan fingerprint density at radius 2 is 2.00 bits per heavy atom. The zero-order valence-electron chi connectivity index (χ0n) is 11.2. The van der Waals surface area contributed by atoms with Crippen molar-refractivity contribution in [2.75, 3.05) is 0 Å². The average Bonchev–Trinajstić information content (AvgIpc) is 2.84. The van der Waals surface area contributed by atoms with E-state index >= 15 is 0 Å². The van der Waals surface area contributed by atoms with Crippen molar-refractivity contribution in [3.05, 3.63) is 21.9 Å². The molecule has 0 radical (unpaired) electrons. The highest BCUT2D eigenvalue weighted by molar-refractivity contribution is 7.80. The van der Waals surface area contributed by atoms with Gasteiger partial charge in [0.05, 0.1) is 4.88 Å². The van der Waals surface area contributed by atoms with Crippen molar-refractivity contribution in [3.8, 4) is 0 Å². The molecule has 1 aromatic heterocycles. The fourth-order valence-corrected chi connectivity index (χ4v) is 2.71. The summed E-state index contributed by atoms with van der Waals surface area (Å²) in [5, 5.41) is 0.0565. The SMILES string of the molecule is CCCCCCCc1ccc(C(=O)NNC(N)=S)s1. The predicted octanol–water partition coefficient (Wildman–Crippen LogP) is 2.74. The number of thiophene rings is 1. The largest absolute Gasteiger partial charge is 0.375 e. The number of amides is 1. The molecular weight excluding hydrogens is 278 g/mol. The lowest BCUT2D eigenvalue weighted by atomic mass is 10.1. The summed E-state index contributed by atoms with van der Waals surface area (Å²) < 4.78 is 0. The number of hydrazine groups is 1. The quantitative estimate of drug-likeness (QED) is 0.411. The van der Waals surface area contributed by atoms with Crippen LogP contribution in [0.25, 0.3) is 0 Å². The third-order valence-electron chi connectivity index (χ3n) is 2.71. The first-order valence-corrected chi connectivity index (χ1v) is 7.80. The summed E-state index contributed by atoms with van der Waals surface area (Å²) in [5.41, 5.74) is 10.1. The van der Waals surface area contributed by atoms with E-state index in [-0.39, 0.29) is 11.0 Å². The van der Waals surface area contributed by atoms with Crippen molar-refractivity contribution in [2.45, 2.75) is 45.4 Å². The molecule has 0 saturated heterocycles. The topological polar surface area (TPSA) is 67.2 Å². The smallest absolute Gasteiger partial charge is 0.279 e. The minimum absolute atomic E-state index is 0.0565. The molecule has 0 bridgehead atoms. The molecule has 0 spiro atoms. The minimum atomic E-state index is -0.199. The molecule has 4 N–H and O–H groups in total. The van der Waals surface area contributed by atoms with Crippen LogP contribution in [-0.4, -0.2) is 11.0 Å². The molecule has 1 rings (SSSR count). The summed E-state index contributed by atoms with van der Waals surface area (Å²) in [6.07, 6.45) is 7.36. The highest BCUT2D eigenvalue weighted by Crippen LogP contribution is 2.19. The lowest BCUT2D eigenvalue weighted by Gasteiger charge is -2.03. The van der Waals surface area contributed by atoms with E-state index in [4.69, 9.17) is 5.73 Å². The van der Waals surface area contributed by atoms with E-state index in [1.807, 2.05) is 12.1 Å². The maximum Gasteiger partial charge on any atom is 0.279 e. The van der Waals surface area contributed by atoms with Crippen molar-refractivity contribution in [2.24, 2.45) is 5.73 Å². The molecule has 0 unspecified atom stereocenters. The molecule has 0 aromatic carbocycles. The van der Waals surface area contributed by atoms with Gasteiger partial charge in [-0.3, -0.25) is 15.6 Å². The Labute approximate surface area is 123 Å². The van der Waals surface area contributed by atoms with E-state index < -0.39 is 0 Å². The van der Waals surface area contributed by atoms with Gasteiger partial charge in [-0.05, 0) is 37.2 Å². The van der Waals surface area contributed by atoms with Crippen LogP contribution < -0.4 is 16.6 Å². The second-order valence-corrected chi connectivity index (χ2v) is 5.98. The highest BCUT2D eigenvalue weighted by atomic mass is 32.1. The average molecular weight is 299 g/mol. The Balaban J connectivity index is 2.31. The van der Waals surface area contributed by atoms with Crippen LogP contribution in [0.2, 0.25) is 0 Å². The number of hydrogen-bond donors (Lipinski definition) is 3. The van der Waals surface area contributed by atoms with E-state index in [0.29, 0.717) is 4.88 Å². The van der Waals surface area contributed by atoms with Gasteiger partial charge in [0.2, 0.25) is 0 Å². The fraction of sp³-hybridized carbons (Fsp3) is 0.538. The lowest BCUT2D eigenvalue weighted by Crippen LogP contribution is -2.44. The van der Waals surface area contributed by atoms with Crippen LogP contribution in [-0.2, 0) is 6.42 Å². The normalized spacial score (nSPS) is 10.2. The number of thiocarbonyl (C=S) groups is 1. The number of unbranched alkanes of at least 4 members (excludes halogenated alkanes) is 4. The molecule has 1 aromatic rings. The number of carbonyl (C=O) groups is 1. The number of nitrogens with one attached hydrogen (secondary N) is 2. The third-order valence-corrected chi connectivity index (χ3v) is 3.96. The van der Waals surface area contributed by atoms with Gasteiger partial charge in [-0.25, -0.2) is 0 Å². The van der Waals surface area contributed by atoms with Gasteiger partial charge in [-0.2, -0.15) is 0 Å². The second-order valence-electron chi connectivity index (χ2n) is 4.37. The van der Waals surface area contributed by atoms with Gasteiger partial charge in [0, 0.05) is 4.88 Å². The Morgan fingerprint density at radius 1 is 1.26 bits per heavy atom. The summed E-state index contributed by atoms with van der Waals surface area (Å²) >= 11 is 6.14. The van der Waals surface area contributed by atoms with Crippen molar-refractivity contribution >= 4 is 34.6 Å². The zero-order valence-corrected chi connectivity index (χ0v) is 12.8. The van der Waals surface area contributed by atoms with Gasteiger partial charge in [-0.1, -0.05) is 32.6 Å². The maximum absolute atomic E-state index is 11.7. The molecule has 0 atom stereocenters. The van der Waals surface area contributed by atoms with Crippen LogP contribution in [0.3, 0.4) is 0 Å².